The maximum absolute atomic E-state index is 11.0. The lowest BCUT2D eigenvalue weighted by atomic mass is 9.98. The van der Waals surface area contributed by atoms with Gasteiger partial charge >= 0.3 is 0 Å². The molecule has 4 rings (SSSR count). The maximum Gasteiger partial charge on any atom is 0.271 e. The van der Waals surface area contributed by atoms with E-state index in [2.05, 4.69) is 32.3 Å². The van der Waals surface area contributed by atoms with Crippen LogP contribution in [0.1, 0.15) is 31.2 Å². The van der Waals surface area contributed by atoms with E-state index in [1.165, 1.54) is 30.5 Å². The van der Waals surface area contributed by atoms with Crippen LogP contribution >= 0.6 is 0 Å². The quantitative estimate of drug-likeness (QED) is 0.397. The minimum absolute atomic E-state index is 0.0103. The number of nitrogens with zero attached hydrogens (tertiary/aromatic N) is 4. The van der Waals surface area contributed by atoms with Crippen molar-refractivity contribution in [1.82, 2.24) is 14.9 Å². The highest BCUT2D eigenvalue weighted by molar-refractivity contribution is 5.63. The summed E-state index contributed by atoms with van der Waals surface area (Å²) in [6, 6.07) is 16.9. The van der Waals surface area contributed by atoms with Gasteiger partial charge in [0.1, 0.15) is 0 Å². The fourth-order valence-corrected chi connectivity index (χ4v) is 4.21. The Morgan fingerprint density at radius 2 is 2.03 bits per heavy atom. The third-order valence-corrected chi connectivity index (χ3v) is 5.79. The topological polar surface area (TPSA) is 104 Å². The lowest BCUT2D eigenvalue weighted by molar-refractivity contribution is -0.384. The van der Waals surface area contributed by atoms with Gasteiger partial charge in [-0.3, -0.25) is 15.0 Å². The van der Waals surface area contributed by atoms with Crippen molar-refractivity contribution in [2.24, 2.45) is 0 Å². The molecule has 1 saturated heterocycles. The van der Waals surface area contributed by atoms with Gasteiger partial charge in [-0.15, -0.1) is 0 Å². The number of benzene rings is 2. The molecule has 0 bridgehead atoms. The van der Waals surface area contributed by atoms with E-state index in [0.29, 0.717) is 17.7 Å². The van der Waals surface area contributed by atoms with E-state index >= 15 is 0 Å². The van der Waals surface area contributed by atoms with Crippen molar-refractivity contribution in [2.75, 3.05) is 18.5 Å². The molecule has 166 valence electrons. The first-order valence-electron chi connectivity index (χ1n) is 10.9. The van der Waals surface area contributed by atoms with Crippen molar-refractivity contribution in [3.63, 3.8) is 0 Å². The monoisotopic (exact) mass is 433 g/mol. The highest BCUT2D eigenvalue weighted by Gasteiger charge is 2.22. The van der Waals surface area contributed by atoms with Gasteiger partial charge < -0.3 is 10.4 Å². The van der Waals surface area contributed by atoms with E-state index in [9.17, 15) is 15.2 Å². The normalized spacial score (nSPS) is 16.6. The Morgan fingerprint density at radius 1 is 1.16 bits per heavy atom. The van der Waals surface area contributed by atoms with Crippen molar-refractivity contribution in [2.45, 2.75) is 38.3 Å². The molecular weight excluding hydrogens is 406 g/mol. The average molecular weight is 434 g/mol. The molecule has 8 heteroatoms. The molecule has 0 saturated carbocycles. The van der Waals surface area contributed by atoms with E-state index in [-0.39, 0.29) is 12.3 Å². The highest BCUT2D eigenvalue weighted by Crippen LogP contribution is 2.25. The number of rotatable bonds is 8. The lowest BCUT2D eigenvalue weighted by Gasteiger charge is -2.35. The number of nitro benzene ring substituents is 1. The number of aliphatic hydroxyl groups is 1. The van der Waals surface area contributed by atoms with Gasteiger partial charge in [-0.2, -0.15) is 0 Å². The molecule has 0 amide bonds. The van der Waals surface area contributed by atoms with Gasteiger partial charge in [0.2, 0.25) is 5.95 Å². The Hall–Kier alpha value is -3.36. The van der Waals surface area contributed by atoms with Crippen LogP contribution in [0.3, 0.4) is 0 Å². The van der Waals surface area contributed by atoms with Gasteiger partial charge in [0, 0.05) is 48.8 Å². The molecule has 0 radical (unpaired) electrons. The van der Waals surface area contributed by atoms with Gasteiger partial charge in [-0.25, -0.2) is 9.97 Å². The molecule has 1 aliphatic heterocycles. The molecule has 8 nitrogen and oxygen atoms in total. The summed E-state index contributed by atoms with van der Waals surface area (Å²) < 4.78 is 0. The van der Waals surface area contributed by atoms with E-state index in [0.717, 1.165) is 37.2 Å². The summed E-state index contributed by atoms with van der Waals surface area (Å²) in [5.41, 5.74) is 3.54. The van der Waals surface area contributed by atoms with Crippen molar-refractivity contribution >= 4 is 17.3 Å². The molecule has 1 atom stereocenters. The first-order valence-corrected chi connectivity index (χ1v) is 10.9. The second kappa shape index (κ2) is 10.3. The van der Waals surface area contributed by atoms with Crippen LogP contribution in [-0.2, 0) is 6.54 Å². The predicted octanol–water partition coefficient (Wildman–Crippen LogP) is 4.53. The minimum atomic E-state index is -0.429. The largest absolute Gasteiger partial charge is 0.396 e. The number of hydrogen-bond donors (Lipinski definition) is 2. The Kier molecular flexibility index (Phi) is 7.03. The molecular formula is C24H27N5O3. The maximum atomic E-state index is 11.0. The first-order chi connectivity index (χ1) is 15.6. The first kappa shape index (κ1) is 21.9. The molecule has 1 unspecified atom stereocenters. The third kappa shape index (κ3) is 5.46. The summed E-state index contributed by atoms with van der Waals surface area (Å²) in [4.78, 5) is 21.9. The average Bonchev–Trinajstić information content (AvgIpc) is 2.81. The zero-order valence-electron chi connectivity index (χ0n) is 17.9. The summed E-state index contributed by atoms with van der Waals surface area (Å²) in [6.45, 7) is 2.13. The SMILES string of the molecule is O=[N+]([O-])c1cccc(Nc2nccc(-c3cccc(CN4CCCCC4CCO)c3)n2)c1. The van der Waals surface area contributed by atoms with Crippen LogP contribution in [-0.4, -0.2) is 44.1 Å². The molecule has 2 heterocycles. The van der Waals surface area contributed by atoms with Gasteiger partial charge in [0.25, 0.3) is 5.69 Å². The molecule has 0 aliphatic carbocycles. The number of nitrogens with one attached hydrogen (secondary N) is 1. The second-order valence-corrected chi connectivity index (χ2v) is 8.03. The number of hydrogen-bond acceptors (Lipinski definition) is 7. The molecule has 1 aromatic heterocycles. The zero-order valence-corrected chi connectivity index (χ0v) is 17.9. The van der Waals surface area contributed by atoms with E-state index < -0.39 is 4.92 Å². The van der Waals surface area contributed by atoms with Gasteiger partial charge in [0.15, 0.2) is 0 Å². The Balaban J connectivity index is 1.51. The lowest BCUT2D eigenvalue weighted by Crippen LogP contribution is -2.39. The van der Waals surface area contributed by atoms with Crippen LogP contribution in [0.15, 0.2) is 60.8 Å². The number of aliphatic hydroxyl groups excluding tert-OH is 1. The van der Waals surface area contributed by atoms with Crippen molar-refractivity contribution < 1.29 is 10.0 Å². The van der Waals surface area contributed by atoms with Crippen LogP contribution < -0.4 is 5.32 Å². The van der Waals surface area contributed by atoms with Crippen LogP contribution in [0.4, 0.5) is 17.3 Å². The zero-order chi connectivity index (χ0) is 22.3. The molecule has 1 fully saturated rings. The summed E-state index contributed by atoms with van der Waals surface area (Å²) >= 11 is 0. The number of anilines is 2. The Labute approximate surface area is 187 Å². The van der Waals surface area contributed by atoms with E-state index in [1.807, 2.05) is 18.2 Å². The molecule has 1 aliphatic rings. The van der Waals surface area contributed by atoms with Gasteiger partial charge in [0.05, 0.1) is 10.6 Å². The molecule has 2 N–H and O–H groups in total. The Morgan fingerprint density at radius 3 is 2.88 bits per heavy atom. The minimum Gasteiger partial charge on any atom is -0.396 e. The summed E-state index contributed by atoms with van der Waals surface area (Å²) in [5, 5.41) is 23.4. The van der Waals surface area contributed by atoms with Crippen LogP contribution in [0.5, 0.6) is 0 Å². The molecule has 32 heavy (non-hydrogen) atoms. The third-order valence-electron chi connectivity index (χ3n) is 5.79. The number of non-ortho nitro benzene ring substituents is 1. The van der Waals surface area contributed by atoms with Gasteiger partial charge in [-0.05, 0) is 49.6 Å². The van der Waals surface area contributed by atoms with Crippen LogP contribution in [0.25, 0.3) is 11.3 Å². The number of likely N-dealkylation sites (tertiary alicyclic amines) is 1. The highest BCUT2D eigenvalue weighted by atomic mass is 16.6. The van der Waals surface area contributed by atoms with Crippen molar-refractivity contribution in [1.29, 1.82) is 0 Å². The van der Waals surface area contributed by atoms with Crippen molar-refractivity contribution in [3.05, 3.63) is 76.5 Å². The molecule has 3 aromatic rings. The smallest absolute Gasteiger partial charge is 0.271 e. The van der Waals surface area contributed by atoms with E-state index in [1.54, 1.807) is 18.3 Å². The fraction of sp³-hybridized carbons (Fsp3) is 0.333. The molecule has 0 spiro atoms. The second-order valence-electron chi connectivity index (χ2n) is 8.03. The number of nitro groups is 1. The summed E-state index contributed by atoms with van der Waals surface area (Å²) in [6.07, 6.45) is 6.05. The van der Waals surface area contributed by atoms with E-state index in [4.69, 9.17) is 0 Å². The van der Waals surface area contributed by atoms with Crippen LogP contribution in [0.2, 0.25) is 0 Å². The Bertz CT molecular complexity index is 1070. The number of aromatic nitrogens is 2. The standard InChI is InChI=1S/C24H27N5O3/c30-14-11-21-8-1-2-13-28(21)17-18-5-3-6-19(15-18)23-10-12-25-24(27-23)26-20-7-4-9-22(16-20)29(31)32/h3-7,9-10,12,15-16,21,30H,1-2,8,11,13-14,17H2,(H,25,26,27). The molecule has 2 aromatic carbocycles. The van der Waals surface area contributed by atoms with Crippen molar-refractivity contribution in [3.8, 4) is 11.3 Å². The predicted molar refractivity (Wildman–Crippen MR) is 124 cm³/mol. The van der Waals surface area contributed by atoms with Gasteiger partial charge in [-0.1, -0.05) is 30.7 Å². The summed E-state index contributed by atoms with van der Waals surface area (Å²) in [7, 11) is 0. The fourth-order valence-electron chi connectivity index (χ4n) is 4.21. The summed E-state index contributed by atoms with van der Waals surface area (Å²) in [5.74, 6) is 0.382. The van der Waals surface area contributed by atoms with Crippen LogP contribution in [0, 0.1) is 10.1 Å². The number of piperidine rings is 1.